The Hall–Kier alpha value is -1.59. The monoisotopic (exact) mass is 265 g/mol. The van der Waals surface area contributed by atoms with E-state index in [-0.39, 0.29) is 5.76 Å². The van der Waals surface area contributed by atoms with Crippen molar-refractivity contribution in [3.8, 4) is 0 Å². The molecule has 5 heteroatoms. The minimum absolute atomic E-state index is 0.00310. The molecule has 0 aliphatic carbocycles. The van der Waals surface area contributed by atoms with Gasteiger partial charge in [-0.1, -0.05) is 6.07 Å². The van der Waals surface area contributed by atoms with E-state index in [1.54, 1.807) is 17.4 Å². The molecule has 18 heavy (non-hydrogen) atoms. The van der Waals surface area contributed by atoms with Gasteiger partial charge in [0.15, 0.2) is 0 Å². The molecule has 0 saturated heterocycles. The molecular weight excluding hydrogens is 250 g/mol. The van der Waals surface area contributed by atoms with Gasteiger partial charge >= 0.3 is 5.97 Å². The van der Waals surface area contributed by atoms with E-state index in [9.17, 15) is 4.79 Å². The molecule has 0 unspecified atom stereocenters. The van der Waals surface area contributed by atoms with E-state index in [0.717, 1.165) is 13.0 Å². The summed E-state index contributed by atoms with van der Waals surface area (Å²) < 4.78 is 5.21. The van der Waals surface area contributed by atoms with Gasteiger partial charge in [0, 0.05) is 11.4 Å². The Bertz CT molecular complexity index is 504. The summed E-state index contributed by atoms with van der Waals surface area (Å²) in [6.45, 7) is 1.54. The Morgan fingerprint density at radius 3 is 2.89 bits per heavy atom. The summed E-state index contributed by atoms with van der Waals surface area (Å²) in [5, 5.41) is 10.8. The van der Waals surface area contributed by atoms with Crippen LogP contribution in [0.25, 0.3) is 0 Å². The molecule has 0 aromatic carbocycles. The molecule has 0 spiro atoms. The fourth-order valence-electron chi connectivity index (χ4n) is 1.68. The summed E-state index contributed by atoms with van der Waals surface area (Å²) in [6, 6.07) is 7.37. The Labute approximate surface area is 109 Å². The zero-order valence-electron chi connectivity index (χ0n) is 10.1. The lowest BCUT2D eigenvalue weighted by Crippen LogP contribution is -2.20. The van der Waals surface area contributed by atoms with E-state index in [4.69, 9.17) is 9.52 Å². The first kappa shape index (κ1) is 12.9. The molecule has 0 atom stereocenters. The fourth-order valence-corrected chi connectivity index (χ4v) is 2.38. The molecule has 0 amide bonds. The molecule has 0 fully saturated rings. The Kier molecular flexibility index (Phi) is 4.17. The van der Waals surface area contributed by atoms with Gasteiger partial charge in [0.1, 0.15) is 5.76 Å². The summed E-state index contributed by atoms with van der Waals surface area (Å²) in [4.78, 5) is 14.1. The molecule has 0 aliphatic rings. The molecule has 4 nitrogen and oxygen atoms in total. The Morgan fingerprint density at radius 1 is 1.44 bits per heavy atom. The van der Waals surface area contributed by atoms with Crippen LogP contribution in [0.15, 0.2) is 34.1 Å². The molecule has 96 valence electrons. The lowest BCUT2D eigenvalue weighted by Gasteiger charge is -2.14. The second-order valence-corrected chi connectivity index (χ2v) is 5.17. The van der Waals surface area contributed by atoms with Gasteiger partial charge in [-0.25, -0.2) is 4.79 Å². The number of carboxylic acids is 1. The average molecular weight is 265 g/mol. The van der Waals surface area contributed by atoms with Crippen molar-refractivity contribution in [3.63, 3.8) is 0 Å². The first-order valence-corrected chi connectivity index (χ1v) is 6.56. The number of furan rings is 1. The number of likely N-dealkylation sites (N-methyl/N-ethyl adjacent to an activating group) is 1. The first-order valence-electron chi connectivity index (χ1n) is 5.68. The van der Waals surface area contributed by atoms with Crippen LogP contribution in [0.1, 0.15) is 21.2 Å². The second-order valence-electron chi connectivity index (χ2n) is 4.14. The van der Waals surface area contributed by atoms with Crippen LogP contribution < -0.4 is 0 Å². The standard InChI is InChI=1S/C13H15NO3S/c1-14(7-6-11-3-2-8-18-11)9-10-4-5-12(17-10)13(15)16/h2-5,8H,6-7,9H2,1H3,(H,15,16). The van der Waals surface area contributed by atoms with Gasteiger partial charge in [-0.2, -0.15) is 0 Å². The van der Waals surface area contributed by atoms with Gasteiger partial charge in [-0.3, -0.25) is 4.90 Å². The molecule has 0 radical (unpaired) electrons. The normalized spacial score (nSPS) is 11.0. The Morgan fingerprint density at radius 2 is 2.28 bits per heavy atom. The van der Waals surface area contributed by atoms with Gasteiger partial charge in [-0.15, -0.1) is 11.3 Å². The highest BCUT2D eigenvalue weighted by Gasteiger charge is 2.10. The second kappa shape index (κ2) is 5.84. The molecule has 2 aromatic rings. The van der Waals surface area contributed by atoms with E-state index >= 15 is 0 Å². The third-order valence-electron chi connectivity index (χ3n) is 2.62. The van der Waals surface area contributed by atoms with E-state index in [1.807, 2.05) is 13.1 Å². The maximum atomic E-state index is 10.7. The number of carbonyl (C=O) groups is 1. The van der Waals surface area contributed by atoms with Crippen LogP contribution in [0.5, 0.6) is 0 Å². The van der Waals surface area contributed by atoms with Crippen LogP contribution >= 0.6 is 11.3 Å². The first-order chi connectivity index (χ1) is 8.65. The highest BCUT2D eigenvalue weighted by atomic mass is 32.1. The smallest absolute Gasteiger partial charge is 0.371 e. The SMILES string of the molecule is CN(CCc1cccs1)Cc1ccc(C(=O)O)o1. The largest absolute Gasteiger partial charge is 0.475 e. The van der Waals surface area contributed by atoms with Crippen LogP contribution in [0.4, 0.5) is 0 Å². The molecule has 0 saturated carbocycles. The van der Waals surface area contributed by atoms with Crippen LogP contribution in [-0.2, 0) is 13.0 Å². The van der Waals surface area contributed by atoms with Crippen LogP contribution in [0.2, 0.25) is 0 Å². The number of hydrogen-bond donors (Lipinski definition) is 1. The number of nitrogens with zero attached hydrogens (tertiary/aromatic N) is 1. The average Bonchev–Trinajstić information content (AvgIpc) is 2.96. The van der Waals surface area contributed by atoms with Crippen LogP contribution in [-0.4, -0.2) is 29.6 Å². The number of hydrogen-bond acceptors (Lipinski definition) is 4. The maximum Gasteiger partial charge on any atom is 0.371 e. The number of aromatic carboxylic acids is 1. The van der Waals surface area contributed by atoms with E-state index in [0.29, 0.717) is 12.3 Å². The van der Waals surface area contributed by atoms with E-state index < -0.39 is 5.97 Å². The quantitative estimate of drug-likeness (QED) is 0.872. The van der Waals surface area contributed by atoms with Crippen LogP contribution in [0.3, 0.4) is 0 Å². The van der Waals surface area contributed by atoms with Crippen molar-refractivity contribution in [2.45, 2.75) is 13.0 Å². The summed E-state index contributed by atoms with van der Waals surface area (Å²) >= 11 is 1.75. The van der Waals surface area contributed by atoms with Crippen molar-refractivity contribution in [2.75, 3.05) is 13.6 Å². The minimum Gasteiger partial charge on any atom is -0.475 e. The van der Waals surface area contributed by atoms with Crippen molar-refractivity contribution in [1.82, 2.24) is 4.90 Å². The molecule has 2 rings (SSSR count). The van der Waals surface area contributed by atoms with Crippen molar-refractivity contribution >= 4 is 17.3 Å². The Balaban J connectivity index is 1.82. The van der Waals surface area contributed by atoms with Crippen molar-refractivity contribution < 1.29 is 14.3 Å². The predicted molar refractivity (Wildman–Crippen MR) is 70.0 cm³/mol. The summed E-state index contributed by atoms with van der Waals surface area (Å²) in [7, 11) is 2.00. The van der Waals surface area contributed by atoms with Gasteiger partial charge in [0.25, 0.3) is 0 Å². The van der Waals surface area contributed by atoms with Crippen molar-refractivity contribution in [2.24, 2.45) is 0 Å². The predicted octanol–water partition coefficient (Wildman–Crippen LogP) is 2.71. The van der Waals surface area contributed by atoms with Gasteiger partial charge in [0.2, 0.25) is 5.76 Å². The highest BCUT2D eigenvalue weighted by molar-refractivity contribution is 7.09. The van der Waals surface area contributed by atoms with Gasteiger partial charge < -0.3 is 9.52 Å². The molecule has 2 aromatic heterocycles. The number of rotatable bonds is 6. The summed E-state index contributed by atoms with van der Waals surface area (Å²) in [6.07, 6.45) is 1.00. The molecule has 0 bridgehead atoms. The van der Waals surface area contributed by atoms with Crippen LogP contribution in [0, 0.1) is 0 Å². The number of carboxylic acid groups (broad SMARTS) is 1. The maximum absolute atomic E-state index is 10.7. The zero-order valence-corrected chi connectivity index (χ0v) is 10.9. The molecule has 2 heterocycles. The summed E-state index contributed by atoms with van der Waals surface area (Å²) in [5.74, 6) is -0.347. The topological polar surface area (TPSA) is 53.7 Å². The lowest BCUT2D eigenvalue weighted by molar-refractivity contribution is 0.0659. The van der Waals surface area contributed by atoms with Crippen molar-refractivity contribution in [1.29, 1.82) is 0 Å². The van der Waals surface area contributed by atoms with Gasteiger partial charge in [-0.05, 0) is 37.0 Å². The van der Waals surface area contributed by atoms with Gasteiger partial charge in [0.05, 0.1) is 6.54 Å². The molecule has 0 aliphatic heterocycles. The molecular formula is C13H15NO3S. The minimum atomic E-state index is -1.03. The molecule has 1 N–H and O–H groups in total. The fraction of sp³-hybridized carbons (Fsp3) is 0.308. The van der Waals surface area contributed by atoms with Crippen molar-refractivity contribution in [3.05, 3.63) is 46.0 Å². The third-order valence-corrected chi connectivity index (χ3v) is 3.55. The lowest BCUT2D eigenvalue weighted by atomic mass is 10.3. The van der Waals surface area contributed by atoms with E-state index in [1.165, 1.54) is 10.9 Å². The highest BCUT2D eigenvalue weighted by Crippen LogP contribution is 2.12. The number of thiophene rings is 1. The zero-order chi connectivity index (χ0) is 13.0. The summed E-state index contributed by atoms with van der Waals surface area (Å²) in [5.41, 5.74) is 0. The third kappa shape index (κ3) is 3.45. The van der Waals surface area contributed by atoms with E-state index in [2.05, 4.69) is 16.3 Å².